The van der Waals surface area contributed by atoms with E-state index in [2.05, 4.69) is 0 Å². The molecule has 0 spiro atoms. The van der Waals surface area contributed by atoms with Gasteiger partial charge in [0.25, 0.3) is 0 Å². The second kappa shape index (κ2) is 8.23. The number of sulfone groups is 1. The highest BCUT2D eigenvalue weighted by molar-refractivity contribution is 7.90. The topological polar surface area (TPSA) is 82.4 Å². The fraction of sp³-hybridized carbons (Fsp3) is 0.182. The minimum Gasteiger partial charge on any atom is -0.454 e. The Balaban J connectivity index is 1.78. The highest BCUT2D eigenvalue weighted by atomic mass is 32.2. The van der Waals surface area contributed by atoms with Crippen molar-refractivity contribution in [3.05, 3.63) is 82.9 Å². The number of rotatable bonds is 6. The molecule has 0 fully saturated rings. The summed E-state index contributed by atoms with van der Waals surface area (Å²) in [6.45, 7) is 3.01. The molecule has 6 nitrogen and oxygen atoms in total. The zero-order chi connectivity index (χ0) is 22.1. The molecule has 8 heteroatoms. The molecule has 1 aromatic heterocycles. The number of nitrogens with zero attached hydrogens (tertiary/aromatic N) is 1. The van der Waals surface area contributed by atoms with E-state index in [1.807, 2.05) is 0 Å². The average molecular weight is 429 g/mol. The van der Waals surface area contributed by atoms with Crippen LogP contribution in [0.1, 0.15) is 32.1 Å². The highest BCUT2D eigenvalue weighted by Gasteiger charge is 2.19. The second-order valence-electron chi connectivity index (χ2n) is 6.90. The minimum atomic E-state index is -3.47. The van der Waals surface area contributed by atoms with Gasteiger partial charge < -0.3 is 9.30 Å². The zero-order valence-corrected chi connectivity index (χ0v) is 17.5. The van der Waals surface area contributed by atoms with Gasteiger partial charge in [-0.1, -0.05) is 12.1 Å². The molecule has 0 amide bonds. The molecular formula is C22H20FNO5S. The van der Waals surface area contributed by atoms with Crippen LogP contribution in [0.15, 0.2) is 59.5 Å². The van der Waals surface area contributed by atoms with Crippen molar-refractivity contribution in [2.75, 3.05) is 12.9 Å². The van der Waals surface area contributed by atoms with Gasteiger partial charge in [0.05, 0.1) is 10.5 Å². The smallest absolute Gasteiger partial charge is 0.338 e. The van der Waals surface area contributed by atoms with Gasteiger partial charge in [-0.05, 0) is 56.3 Å². The van der Waals surface area contributed by atoms with Crippen LogP contribution in [0.2, 0.25) is 0 Å². The summed E-state index contributed by atoms with van der Waals surface area (Å²) >= 11 is 0. The number of aryl methyl sites for hydroxylation is 1. The maximum atomic E-state index is 13.6. The van der Waals surface area contributed by atoms with E-state index in [0.29, 0.717) is 16.9 Å². The molecule has 0 atom stereocenters. The van der Waals surface area contributed by atoms with Crippen LogP contribution in [-0.4, -0.2) is 37.6 Å². The van der Waals surface area contributed by atoms with Crippen LogP contribution in [0, 0.1) is 19.7 Å². The van der Waals surface area contributed by atoms with Crippen molar-refractivity contribution in [3.63, 3.8) is 0 Å². The monoisotopic (exact) mass is 429 g/mol. The first kappa shape index (κ1) is 21.4. The van der Waals surface area contributed by atoms with Gasteiger partial charge in [0.15, 0.2) is 16.4 Å². The number of aromatic nitrogens is 1. The number of Topliss-reactive ketones (excluding diaryl/α,β-unsaturated/α-hetero) is 1. The Morgan fingerprint density at radius 3 is 2.40 bits per heavy atom. The molecule has 3 rings (SSSR count). The Labute approximate surface area is 173 Å². The number of hydrogen-bond donors (Lipinski definition) is 0. The largest absolute Gasteiger partial charge is 0.454 e. The first-order valence-electron chi connectivity index (χ1n) is 9.03. The summed E-state index contributed by atoms with van der Waals surface area (Å²) in [5, 5.41) is 0. The van der Waals surface area contributed by atoms with E-state index < -0.39 is 34.0 Å². The molecule has 0 aliphatic heterocycles. The van der Waals surface area contributed by atoms with Crippen LogP contribution in [0.25, 0.3) is 5.69 Å². The lowest BCUT2D eigenvalue weighted by molar-refractivity contribution is 0.0474. The summed E-state index contributed by atoms with van der Waals surface area (Å²) in [6.07, 6.45) is 1.04. The number of benzene rings is 2. The molecular weight excluding hydrogens is 409 g/mol. The quantitative estimate of drug-likeness (QED) is 0.441. The van der Waals surface area contributed by atoms with Crippen LogP contribution in [-0.2, 0) is 14.6 Å². The lowest BCUT2D eigenvalue weighted by Gasteiger charge is -2.10. The Hall–Kier alpha value is -3.26. The minimum absolute atomic E-state index is 0.0121. The third-order valence-corrected chi connectivity index (χ3v) is 5.74. The van der Waals surface area contributed by atoms with Gasteiger partial charge in [0.1, 0.15) is 5.82 Å². The number of esters is 1. The Morgan fingerprint density at radius 2 is 1.73 bits per heavy atom. The molecule has 1 heterocycles. The molecule has 0 aliphatic rings. The van der Waals surface area contributed by atoms with Gasteiger partial charge in [0, 0.05) is 28.9 Å². The van der Waals surface area contributed by atoms with Gasteiger partial charge in [0.2, 0.25) is 5.78 Å². The van der Waals surface area contributed by atoms with E-state index in [-0.39, 0.29) is 10.5 Å². The molecule has 0 saturated heterocycles. The summed E-state index contributed by atoms with van der Waals surface area (Å²) in [7, 11) is -3.47. The zero-order valence-electron chi connectivity index (χ0n) is 16.7. The molecule has 0 aliphatic carbocycles. The predicted molar refractivity (Wildman–Crippen MR) is 109 cm³/mol. The number of ether oxygens (including phenoxy) is 1. The van der Waals surface area contributed by atoms with Crippen molar-refractivity contribution in [3.8, 4) is 5.69 Å². The van der Waals surface area contributed by atoms with Crippen LogP contribution in [0.4, 0.5) is 4.39 Å². The van der Waals surface area contributed by atoms with E-state index in [9.17, 15) is 22.4 Å². The SMILES string of the molecule is Cc1cc(C(=O)COC(=O)c2cccc(S(C)(=O)=O)c2)c(C)n1-c1cccc(F)c1. The molecule has 156 valence electrons. The Bertz CT molecular complexity index is 1240. The third-order valence-electron chi connectivity index (χ3n) is 4.63. The number of ketones is 1. The van der Waals surface area contributed by atoms with E-state index in [0.717, 1.165) is 11.9 Å². The van der Waals surface area contributed by atoms with E-state index >= 15 is 0 Å². The number of halogens is 1. The third kappa shape index (κ3) is 4.49. The summed E-state index contributed by atoms with van der Waals surface area (Å²) in [4.78, 5) is 24.9. The first-order chi connectivity index (χ1) is 14.1. The van der Waals surface area contributed by atoms with Crippen molar-refractivity contribution in [2.24, 2.45) is 0 Å². The number of hydrogen-bond acceptors (Lipinski definition) is 5. The normalized spacial score (nSPS) is 11.3. The lowest BCUT2D eigenvalue weighted by atomic mass is 10.1. The fourth-order valence-corrected chi connectivity index (χ4v) is 3.87. The number of carbonyl (C=O) groups excluding carboxylic acids is 2. The van der Waals surface area contributed by atoms with E-state index in [1.165, 1.54) is 36.4 Å². The molecule has 0 bridgehead atoms. The van der Waals surface area contributed by atoms with E-state index in [1.54, 1.807) is 36.6 Å². The van der Waals surface area contributed by atoms with Crippen LogP contribution >= 0.6 is 0 Å². The average Bonchev–Trinajstić information content (AvgIpc) is 2.99. The molecule has 0 unspecified atom stereocenters. The van der Waals surface area contributed by atoms with Crippen molar-refractivity contribution >= 4 is 21.6 Å². The van der Waals surface area contributed by atoms with Crippen LogP contribution < -0.4 is 0 Å². The molecule has 0 saturated carbocycles. The number of carbonyl (C=O) groups is 2. The summed E-state index contributed by atoms with van der Waals surface area (Å²) in [5.74, 6) is -1.61. The predicted octanol–water partition coefficient (Wildman–Crippen LogP) is 3.68. The first-order valence-corrected chi connectivity index (χ1v) is 10.9. The van der Waals surface area contributed by atoms with Crippen molar-refractivity contribution < 1.29 is 27.1 Å². The lowest BCUT2D eigenvalue weighted by Crippen LogP contribution is -2.15. The highest BCUT2D eigenvalue weighted by Crippen LogP contribution is 2.22. The van der Waals surface area contributed by atoms with Gasteiger partial charge in [-0.15, -0.1) is 0 Å². The maximum Gasteiger partial charge on any atom is 0.338 e. The maximum absolute atomic E-state index is 13.6. The van der Waals surface area contributed by atoms with Crippen LogP contribution in [0.5, 0.6) is 0 Å². The van der Waals surface area contributed by atoms with Crippen molar-refractivity contribution in [2.45, 2.75) is 18.7 Å². The van der Waals surface area contributed by atoms with Crippen molar-refractivity contribution in [1.82, 2.24) is 4.57 Å². The van der Waals surface area contributed by atoms with Gasteiger partial charge >= 0.3 is 5.97 Å². The Kier molecular flexibility index (Phi) is 5.89. The molecule has 0 N–H and O–H groups in total. The van der Waals surface area contributed by atoms with Gasteiger partial charge in [-0.2, -0.15) is 0 Å². The molecule has 0 radical (unpaired) electrons. The van der Waals surface area contributed by atoms with E-state index in [4.69, 9.17) is 4.74 Å². The van der Waals surface area contributed by atoms with Crippen molar-refractivity contribution in [1.29, 1.82) is 0 Å². The summed E-state index contributed by atoms with van der Waals surface area (Å²) in [5.41, 5.74) is 2.30. The van der Waals surface area contributed by atoms with Gasteiger partial charge in [-0.25, -0.2) is 17.6 Å². The summed E-state index contributed by atoms with van der Waals surface area (Å²) in [6, 6.07) is 13.1. The standard InChI is InChI=1S/C22H20FNO5S/c1-14-10-20(15(2)24(14)18-8-5-7-17(23)12-18)21(25)13-29-22(26)16-6-4-9-19(11-16)30(3,27)28/h4-12H,13H2,1-3H3. The fourth-order valence-electron chi connectivity index (χ4n) is 3.20. The Morgan fingerprint density at radius 1 is 1.03 bits per heavy atom. The molecule has 2 aromatic carbocycles. The second-order valence-corrected chi connectivity index (χ2v) is 8.92. The van der Waals surface area contributed by atoms with Crippen LogP contribution in [0.3, 0.4) is 0 Å². The summed E-state index contributed by atoms with van der Waals surface area (Å²) < 4.78 is 43.7. The van der Waals surface area contributed by atoms with Gasteiger partial charge in [-0.3, -0.25) is 4.79 Å². The molecule has 30 heavy (non-hydrogen) atoms. The molecule has 3 aromatic rings.